The number of carbonyl (C=O) groups excluding carboxylic acids is 3. The second-order valence-electron chi connectivity index (χ2n) is 4.06. The Morgan fingerprint density at radius 2 is 1.82 bits per heavy atom. The van der Waals surface area contributed by atoms with E-state index in [0.717, 1.165) is 4.90 Å². The predicted octanol–water partition coefficient (Wildman–Crippen LogP) is 1.22. The molecular formula is C13H16ClN3O5. The van der Waals surface area contributed by atoms with E-state index in [1.807, 2.05) is 0 Å². The molecule has 22 heavy (non-hydrogen) atoms. The minimum Gasteiger partial charge on any atom is -0.466 e. The molecule has 8 nitrogen and oxygen atoms in total. The van der Waals surface area contributed by atoms with Gasteiger partial charge in [0.25, 0.3) is 0 Å². The molecular weight excluding hydrogens is 314 g/mol. The lowest BCUT2D eigenvalue weighted by atomic mass is 10.2. The quantitative estimate of drug-likeness (QED) is 0.571. The molecule has 0 unspecified atom stereocenters. The highest BCUT2D eigenvalue weighted by atomic mass is 35.5. The number of esters is 2. The summed E-state index contributed by atoms with van der Waals surface area (Å²) in [6, 6.07) is 1.25. The average molecular weight is 330 g/mol. The first kappa shape index (κ1) is 17.8. The molecule has 0 aliphatic carbocycles. The van der Waals surface area contributed by atoms with Crippen molar-refractivity contribution in [3.8, 4) is 0 Å². The third-order valence-electron chi connectivity index (χ3n) is 2.53. The van der Waals surface area contributed by atoms with Crippen molar-refractivity contribution in [1.29, 1.82) is 0 Å². The fourth-order valence-corrected chi connectivity index (χ4v) is 1.69. The molecule has 0 spiro atoms. The molecule has 1 heterocycles. The Morgan fingerprint density at radius 3 is 2.41 bits per heavy atom. The van der Waals surface area contributed by atoms with Crippen LogP contribution in [0.5, 0.6) is 0 Å². The van der Waals surface area contributed by atoms with E-state index >= 15 is 0 Å². The number of amides is 1. The molecule has 0 atom stereocenters. The molecule has 1 rings (SSSR count). The van der Waals surface area contributed by atoms with Crippen molar-refractivity contribution >= 4 is 35.3 Å². The van der Waals surface area contributed by atoms with Crippen molar-refractivity contribution in [2.45, 2.75) is 20.3 Å². The van der Waals surface area contributed by atoms with Crippen molar-refractivity contribution in [2.75, 3.05) is 25.2 Å². The summed E-state index contributed by atoms with van der Waals surface area (Å²) in [6.07, 6.45) is -0.475. The van der Waals surface area contributed by atoms with Gasteiger partial charge in [-0.05, 0) is 19.9 Å². The molecule has 1 amide bonds. The van der Waals surface area contributed by atoms with E-state index in [0.29, 0.717) is 0 Å². The zero-order chi connectivity index (χ0) is 16.7. The lowest BCUT2D eigenvalue weighted by Crippen LogP contribution is -2.31. The topological polar surface area (TPSA) is 98.7 Å². The summed E-state index contributed by atoms with van der Waals surface area (Å²) in [4.78, 5) is 36.3. The van der Waals surface area contributed by atoms with Gasteiger partial charge in [0, 0.05) is 7.05 Å². The highest BCUT2D eigenvalue weighted by molar-refractivity contribution is 6.29. The van der Waals surface area contributed by atoms with Gasteiger partial charge in [0.15, 0.2) is 11.0 Å². The number of carbonyl (C=O) groups is 3. The summed E-state index contributed by atoms with van der Waals surface area (Å²) in [6.45, 7) is 3.60. The van der Waals surface area contributed by atoms with Gasteiger partial charge < -0.3 is 9.47 Å². The SMILES string of the molecule is CCOC(=O)CC(=O)N(C)c1nnc(Cl)cc1C(=O)OCC. The van der Waals surface area contributed by atoms with Crippen molar-refractivity contribution in [2.24, 2.45) is 0 Å². The Labute approximate surface area is 132 Å². The van der Waals surface area contributed by atoms with Crippen LogP contribution in [0.25, 0.3) is 0 Å². The summed E-state index contributed by atoms with van der Waals surface area (Å²) in [5, 5.41) is 7.31. The van der Waals surface area contributed by atoms with Crippen molar-refractivity contribution in [3.63, 3.8) is 0 Å². The normalized spacial score (nSPS) is 10.0. The standard InChI is InChI=1S/C13H16ClN3O5/c1-4-21-11(19)7-10(18)17(3)12-8(13(20)22-5-2)6-9(14)15-16-12/h6H,4-5,7H2,1-3H3. The molecule has 9 heteroatoms. The number of hydrogen-bond acceptors (Lipinski definition) is 7. The molecule has 0 saturated carbocycles. The molecule has 0 N–H and O–H groups in total. The third-order valence-corrected chi connectivity index (χ3v) is 2.72. The van der Waals surface area contributed by atoms with Gasteiger partial charge in [-0.15, -0.1) is 10.2 Å². The largest absolute Gasteiger partial charge is 0.466 e. The summed E-state index contributed by atoms with van der Waals surface area (Å²) in [5.41, 5.74) is -0.0124. The molecule has 0 aliphatic rings. The highest BCUT2D eigenvalue weighted by Crippen LogP contribution is 2.20. The number of halogens is 1. The lowest BCUT2D eigenvalue weighted by molar-refractivity contribution is -0.145. The molecule has 0 radical (unpaired) electrons. The molecule has 1 aromatic heterocycles. The number of nitrogens with zero attached hydrogens (tertiary/aromatic N) is 3. The van der Waals surface area contributed by atoms with E-state index in [9.17, 15) is 14.4 Å². The maximum atomic E-state index is 12.0. The van der Waals surface area contributed by atoms with Crippen LogP contribution >= 0.6 is 11.6 Å². The summed E-state index contributed by atoms with van der Waals surface area (Å²) in [5.74, 6) is -2.00. The van der Waals surface area contributed by atoms with Crippen molar-refractivity contribution < 1.29 is 23.9 Å². The Balaban J connectivity index is 3.01. The fourth-order valence-electron chi connectivity index (χ4n) is 1.54. The first-order valence-electron chi connectivity index (χ1n) is 6.53. The molecule has 0 fully saturated rings. The summed E-state index contributed by atoms with van der Waals surface area (Å²) < 4.78 is 9.58. The highest BCUT2D eigenvalue weighted by Gasteiger charge is 2.24. The van der Waals surface area contributed by atoms with E-state index in [4.69, 9.17) is 21.1 Å². The van der Waals surface area contributed by atoms with Crippen LogP contribution in [0.2, 0.25) is 5.15 Å². The van der Waals surface area contributed by atoms with Crippen LogP contribution in [-0.4, -0.2) is 48.3 Å². The molecule has 0 aromatic carbocycles. The lowest BCUT2D eigenvalue weighted by Gasteiger charge is -2.17. The minimum atomic E-state index is -0.690. The van der Waals surface area contributed by atoms with Crippen molar-refractivity contribution in [1.82, 2.24) is 10.2 Å². The van der Waals surface area contributed by atoms with Gasteiger partial charge >= 0.3 is 11.9 Å². The first-order valence-corrected chi connectivity index (χ1v) is 6.91. The Hall–Kier alpha value is -2.22. The second-order valence-corrected chi connectivity index (χ2v) is 4.45. The van der Waals surface area contributed by atoms with E-state index < -0.39 is 24.3 Å². The number of aromatic nitrogens is 2. The van der Waals surface area contributed by atoms with Gasteiger partial charge in [0.2, 0.25) is 5.91 Å². The fraction of sp³-hybridized carbons (Fsp3) is 0.462. The minimum absolute atomic E-state index is 0.0124. The Morgan fingerprint density at radius 1 is 1.18 bits per heavy atom. The molecule has 0 bridgehead atoms. The number of ether oxygens (including phenoxy) is 2. The number of hydrogen-bond donors (Lipinski definition) is 0. The first-order chi connectivity index (χ1) is 10.4. The molecule has 1 aromatic rings. The Kier molecular flexibility index (Phi) is 6.71. The third kappa shape index (κ3) is 4.66. The van der Waals surface area contributed by atoms with Crippen LogP contribution in [0.1, 0.15) is 30.6 Å². The van der Waals surface area contributed by atoms with Gasteiger partial charge in [0.1, 0.15) is 12.0 Å². The summed E-state index contributed by atoms with van der Waals surface area (Å²) >= 11 is 5.71. The van der Waals surface area contributed by atoms with Gasteiger partial charge in [-0.3, -0.25) is 14.5 Å². The maximum absolute atomic E-state index is 12.0. The van der Waals surface area contributed by atoms with Crippen LogP contribution in [-0.2, 0) is 19.1 Å². The second kappa shape index (κ2) is 8.28. The van der Waals surface area contributed by atoms with Crippen LogP contribution in [0.15, 0.2) is 6.07 Å². The number of rotatable bonds is 6. The van der Waals surface area contributed by atoms with Gasteiger partial charge in [-0.2, -0.15) is 0 Å². The van der Waals surface area contributed by atoms with Crippen LogP contribution in [0.4, 0.5) is 5.82 Å². The zero-order valence-corrected chi connectivity index (χ0v) is 13.2. The maximum Gasteiger partial charge on any atom is 0.342 e. The van der Waals surface area contributed by atoms with Crippen molar-refractivity contribution in [3.05, 3.63) is 16.8 Å². The molecule has 120 valence electrons. The van der Waals surface area contributed by atoms with Crippen LogP contribution in [0, 0.1) is 0 Å². The molecule has 0 aliphatic heterocycles. The number of anilines is 1. The van der Waals surface area contributed by atoms with E-state index in [1.165, 1.54) is 13.1 Å². The van der Waals surface area contributed by atoms with Crippen LogP contribution < -0.4 is 4.90 Å². The predicted molar refractivity (Wildman–Crippen MR) is 77.7 cm³/mol. The summed E-state index contributed by atoms with van der Waals surface area (Å²) in [7, 11) is 1.36. The Bertz CT molecular complexity index is 579. The van der Waals surface area contributed by atoms with Gasteiger partial charge in [-0.25, -0.2) is 4.79 Å². The van der Waals surface area contributed by atoms with Crippen LogP contribution in [0.3, 0.4) is 0 Å². The van der Waals surface area contributed by atoms with Gasteiger partial charge in [0.05, 0.1) is 13.2 Å². The average Bonchev–Trinajstić information content (AvgIpc) is 2.46. The van der Waals surface area contributed by atoms with Gasteiger partial charge in [-0.1, -0.05) is 11.6 Å². The zero-order valence-electron chi connectivity index (χ0n) is 12.5. The van der Waals surface area contributed by atoms with E-state index in [1.54, 1.807) is 13.8 Å². The molecule has 0 saturated heterocycles. The monoisotopic (exact) mass is 329 g/mol. The van der Waals surface area contributed by atoms with E-state index in [2.05, 4.69) is 10.2 Å². The van der Waals surface area contributed by atoms with E-state index in [-0.39, 0.29) is 29.7 Å². The smallest absolute Gasteiger partial charge is 0.342 e.